The minimum atomic E-state index is -0.530. The van der Waals surface area contributed by atoms with Crippen LogP contribution in [-0.2, 0) is 9.47 Å². The molecule has 0 aromatic carbocycles. The molecule has 1 aromatic rings. The number of pyridine rings is 1. The number of nitrogens with zero attached hydrogens (tertiary/aromatic N) is 1. The van der Waals surface area contributed by atoms with Gasteiger partial charge < -0.3 is 9.47 Å². The second-order valence-corrected chi connectivity index (χ2v) is 2.86. The van der Waals surface area contributed by atoms with Gasteiger partial charge in [-0.3, -0.25) is 9.78 Å². The van der Waals surface area contributed by atoms with Crippen molar-refractivity contribution in [3.05, 3.63) is 29.8 Å². The zero-order chi connectivity index (χ0) is 11.1. The molecule has 15 heavy (non-hydrogen) atoms. The third kappa shape index (κ3) is 4.14. The summed E-state index contributed by atoms with van der Waals surface area (Å²) in [5.74, 6) is -0.823. The van der Waals surface area contributed by atoms with E-state index in [2.05, 4.69) is 4.98 Å². The highest BCUT2D eigenvalue weighted by Crippen LogP contribution is 2.02. The van der Waals surface area contributed by atoms with Crippen LogP contribution in [0.5, 0.6) is 0 Å². The number of Topliss-reactive ketones (excluding diaryl/α,β-unsaturated/α-hetero) is 1. The lowest BCUT2D eigenvalue weighted by atomic mass is 10.2. The number of methoxy groups -OCH3 is 1. The number of hydrogen-bond acceptors (Lipinski definition) is 4. The van der Waals surface area contributed by atoms with Crippen LogP contribution in [0, 0.1) is 5.82 Å². The average molecular weight is 213 g/mol. The number of carbonyl (C=O) groups excluding carboxylic acids is 1. The molecule has 0 saturated carbocycles. The van der Waals surface area contributed by atoms with Crippen molar-refractivity contribution in [2.75, 3.05) is 26.9 Å². The van der Waals surface area contributed by atoms with E-state index in [1.54, 1.807) is 7.11 Å². The Balaban J connectivity index is 2.40. The largest absolute Gasteiger partial charge is 0.382 e. The molecular formula is C10H12FNO3. The van der Waals surface area contributed by atoms with Crippen molar-refractivity contribution < 1.29 is 18.7 Å². The Morgan fingerprint density at radius 3 is 2.93 bits per heavy atom. The first-order valence-electron chi connectivity index (χ1n) is 4.44. The molecule has 0 fully saturated rings. The Labute approximate surface area is 87.0 Å². The average Bonchev–Trinajstić information content (AvgIpc) is 2.24. The second kappa shape index (κ2) is 6.21. The summed E-state index contributed by atoms with van der Waals surface area (Å²) < 4.78 is 22.4. The molecule has 0 aliphatic heterocycles. The summed E-state index contributed by atoms with van der Waals surface area (Å²) in [6.45, 7) is 0.675. The third-order valence-electron chi connectivity index (χ3n) is 1.69. The van der Waals surface area contributed by atoms with E-state index in [0.29, 0.717) is 13.2 Å². The molecule has 1 heterocycles. The predicted molar refractivity (Wildman–Crippen MR) is 51.2 cm³/mol. The van der Waals surface area contributed by atoms with Gasteiger partial charge in [0.1, 0.15) is 12.4 Å². The molecule has 0 aliphatic carbocycles. The van der Waals surface area contributed by atoms with Gasteiger partial charge in [0, 0.05) is 18.9 Å². The van der Waals surface area contributed by atoms with Gasteiger partial charge in [0.25, 0.3) is 0 Å². The molecule has 82 valence electrons. The van der Waals surface area contributed by atoms with E-state index < -0.39 is 5.82 Å². The van der Waals surface area contributed by atoms with Crippen LogP contribution >= 0.6 is 0 Å². The maximum absolute atomic E-state index is 12.7. The van der Waals surface area contributed by atoms with Crippen LogP contribution in [0.4, 0.5) is 4.39 Å². The molecule has 0 amide bonds. The minimum absolute atomic E-state index is 0.0888. The lowest BCUT2D eigenvalue weighted by Gasteiger charge is -2.02. The van der Waals surface area contributed by atoms with Crippen LogP contribution in [0.2, 0.25) is 0 Å². The van der Waals surface area contributed by atoms with E-state index in [9.17, 15) is 9.18 Å². The van der Waals surface area contributed by atoms with E-state index in [1.165, 1.54) is 6.20 Å². The van der Waals surface area contributed by atoms with Crippen LogP contribution < -0.4 is 0 Å². The summed E-state index contributed by atoms with van der Waals surface area (Å²) in [6.07, 6.45) is 2.35. The fourth-order valence-electron chi connectivity index (χ4n) is 0.955. The van der Waals surface area contributed by atoms with Crippen LogP contribution in [0.15, 0.2) is 18.5 Å². The molecule has 4 nitrogen and oxygen atoms in total. The number of hydrogen-bond donors (Lipinski definition) is 0. The maximum Gasteiger partial charge on any atom is 0.190 e. The van der Waals surface area contributed by atoms with Crippen LogP contribution in [0.25, 0.3) is 0 Å². The molecule has 0 bridgehead atoms. The number of carbonyl (C=O) groups is 1. The predicted octanol–water partition coefficient (Wildman–Crippen LogP) is 1.07. The Hall–Kier alpha value is -1.33. The second-order valence-electron chi connectivity index (χ2n) is 2.86. The topological polar surface area (TPSA) is 48.4 Å². The van der Waals surface area contributed by atoms with Crippen molar-refractivity contribution in [2.45, 2.75) is 0 Å². The highest BCUT2D eigenvalue weighted by molar-refractivity contribution is 5.96. The summed E-state index contributed by atoms with van der Waals surface area (Å²) >= 11 is 0. The van der Waals surface area contributed by atoms with Crippen molar-refractivity contribution in [1.82, 2.24) is 4.98 Å². The Kier molecular flexibility index (Phi) is 4.86. The van der Waals surface area contributed by atoms with Gasteiger partial charge in [0.2, 0.25) is 0 Å². The molecular weight excluding hydrogens is 201 g/mol. The maximum atomic E-state index is 12.7. The van der Waals surface area contributed by atoms with Crippen LogP contribution in [0.1, 0.15) is 10.4 Å². The summed E-state index contributed by atoms with van der Waals surface area (Å²) in [4.78, 5) is 15.0. The summed E-state index contributed by atoms with van der Waals surface area (Å²) in [5.41, 5.74) is 0.215. The van der Waals surface area contributed by atoms with Crippen molar-refractivity contribution in [2.24, 2.45) is 0 Å². The van der Waals surface area contributed by atoms with Crippen molar-refractivity contribution in [3.63, 3.8) is 0 Å². The minimum Gasteiger partial charge on any atom is -0.382 e. The summed E-state index contributed by atoms with van der Waals surface area (Å²) in [6, 6.07) is 1.13. The Morgan fingerprint density at radius 2 is 2.27 bits per heavy atom. The third-order valence-corrected chi connectivity index (χ3v) is 1.69. The molecule has 0 N–H and O–H groups in total. The highest BCUT2D eigenvalue weighted by atomic mass is 19.1. The molecule has 1 aromatic heterocycles. The number of ether oxygens (including phenoxy) is 2. The molecule has 0 saturated heterocycles. The molecule has 0 aliphatic rings. The Morgan fingerprint density at radius 1 is 1.47 bits per heavy atom. The van der Waals surface area contributed by atoms with Gasteiger partial charge in [-0.25, -0.2) is 4.39 Å². The summed E-state index contributed by atoms with van der Waals surface area (Å²) in [7, 11) is 1.54. The lowest BCUT2D eigenvalue weighted by Crippen LogP contribution is -2.12. The van der Waals surface area contributed by atoms with Gasteiger partial charge >= 0.3 is 0 Å². The molecule has 0 unspecified atom stereocenters. The first kappa shape index (κ1) is 11.7. The van der Waals surface area contributed by atoms with E-state index in [-0.39, 0.29) is 18.0 Å². The lowest BCUT2D eigenvalue weighted by molar-refractivity contribution is 0.0576. The zero-order valence-corrected chi connectivity index (χ0v) is 8.40. The fraction of sp³-hybridized carbons (Fsp3) is 0.400. The smallest absolute Gasteiger partial charge is 0.190 e. The molecule has 5 heteroatoms. The number of aromatic nitrogens is 1. The van der Waals surface area contributed by atoms with Gasteiger partial charge in [-0.15, -0.1) is 0 Å². The number of halogens is 1. The van der Waals surface area contributed by atoms with Crippen LogP contribution in [0.3, 0.4) is 0 Å². The molecule has 0 radical (unpaired) electrons. The standard InChI is InChI=1S/C10H12FNO3/c1-14-2-3-15-7-10(13)8-4-9(11)6-12-5-8/h4-6H,2-3,7H2,1H3. The first-order chi connectivity index (χ1) is 7.24. The normalized spacial score (nSPS) is 10.3. The van der Waals surface area contributed by atoms with Crippen molar-refractivity contribution in [3.8, 4) is 0 Å². The van der Waals surface area contributed by atoms with E-state index in [0.717, 1.165) is 12.3 Å². The van der Waals surface area contributed by atoms with Gasteiger partial charge in [0.15, 0.2) is 5.78 Å². The van der Waals surface area contributed by atoms with Crippen molar-refractivity contribution in [1.29, 1.82) is 0 Å². The van der Waals surface area contributed by atoms with Gasteiger partial charge in [-0.1, -0.05) is 0 Å². The molecule has 0 spiro atoms. The van der Waals surface area contributed by atoms with E-state index in [1.807, 2.05) is 0 Å². The monoisotopic (exact) mass is 213 g/mol. The van der Waals surface area contributed by atoms with Crippen molar-refractivity contribution >= 4 is 5.78 Å². The zero-order valence-electron chi connectivity index (χ0n) is 8.40. The first-order valence-corrected chi connectivity index (χ1v) is 4.44. The quantitative estimate of drug-likeness (QED) is 0.523. The fourth-order valence-corrected chi connectivity index (χ4v) is 0.955. The number of ketones is 1. The Bertz CT molecular complexity index is 330. The molecule has 1 rings (SSSR count). The highest BCUT2D eigenvalue weighted by Gasteiger charge is 2.07. The SMILES string of the molecule is COCCOCC(=O)c1cncc(F)c1. The van der Waals surface area contributed by atoms with Crippen LogP contribution in [-0.4, -0.2) is 37.7 Å². The van der Waals surface area contributed by atoms with Gasteiger partial charge in [-0.2, -0.15) is 0 Å². The van der Waals surface area contributed by atoms with E-state index >= 15 is 0 Å². The van der Waals surface area contributed by atoms with Gasteiger partial charge in [-0.05, 0) is 6.07 Å². The van der Waals surface area contributed by atoms with E-state index in [4.69, 9.17) is 9.47 Å². The summed E-state index contributed by atoms with van der Waals surface area (Å²) in [5, 5.41) is 0. The number of rotatable bonds is 6. The van der Waals surface area contributed by atoms with Gasteiger partial charge in [0.05, 0.1) is 19.4 Å². The molecule has 0 atom stereocenters.